The highest BCUT2D eigenvalue weighted by atomic mass is 16.5. The average Bonchev–Trinajstić information content (AvgIpc) is 2.80. The van der Waals surface area contributed by atoms with Gasteiger partial charge in [0.15, 0.2) is 0 Å². The second kappa shape index (κ2) is 10.7. The lowest BCUT2D eigenvalue weighted by atomic mass is 9.68. The molecule has 0 radical (unpaired) electrons. The maximum absolute atomic E-state index is 13.7. The minimum absolute atomic E-state index is 0.0202. The number of esters is 1. The first-order valence-corrected chi connectivity index (χ1v) is 11.8. The van der Waals surface area contributed by atoms with Gasteiger partial charge >= 0.3 is 5.97 Å². The van der Waals surface area contributed by atoms with Gasteiger partial charge in [-0.05, 0) is 63.8 Å². The number of rotatable bonds is 8. The standard InChI is InChI=1S/C27H35NO4/c1-5-20(4)32-24-14-13-22(18-23(24)25(29)31-6-2)28-26(30)27(15-8-7-9-16-27)21-12-10-11-19(3)17-21/h10-14,17-18,20H,5-9,15-16H2,1-4H3,(H,28,30)/t20-/m1/s1. The molecule has 1 atom stereocenters. The first kappa shape index (κ1) is 23.8. The Morgan fingerprint density at radius 2 is 1.81 bits per heavy atom. The van der Waals surface area contributed by atoms with Crippen LogP contribution in [0, 0.1) is 6.92 Å². The van der Waals surface area contributed by atoms with E-state index in [9.17, 15) is 9.59 Å². The smallest absolute Gasteiger partial charge is 0.341 e. The van der Waals surface area contributed by atoms with E-state index in [0.717, 1.165) is 49.7 Å². The molecule has 5 nitrogen and oxygen atoms in total. The highest BCUT2D eigenvalue weighted by Gasteiger charge is 2.41. The third kappa shape index (κ3) is 5.32. The zero-order valence-corrected chi connectivity index (χ0v) is 19.7. The Hall–Kier alpha value is -2.82. The van der Waals surface area contributed by atoms with Crippen LogP contribution >= 0.6 is 0 Å². The van der Waals surface area contributed by atoms with Crippen LogP contribution in [0.1, 0.15) is 80.8 Å². The van der Waals surface area contributed by atoms with Crippen molar-refractivity contribution in [2.24, 2.45) is 0 Å². The summed E-state index contributed by atoms with van der Waals surface area (Å²) in [5.74, 6) is 0.00281. The van der Waals surface area contributed by atoms with Crippen molar-refractivity contribution in [3.63, 3.8) is 0 Å². The van der Waals surface area contributed by atoms with Gasteiger partial charge in [0.25, 0.3) is 0 Å². The summed E-state index contributed by atoms with van der Waals surface area (Å²) in [5, 5.41) is 3.10. The van der Waals surface area contributed by atoms with Crippen LogP contribution in [0.3, 0.4) is 0 Å². The van der Waals surface area contributed by atoms with Gasteiger partial charge in [0.1, 0.15) is 11.3 Å². The molecule has 0 heterocycles. The van der Waals surface area contributed by atoms with Gasteiger partial charge in [0.2, 0.25) is 5.91 Å². The van der Waals surface area contributed by atoms with Crippen molar-refractivity contribution in [1.82, 2.24) is 0 Å². The molecule has 32 heavy (non-hydrogen) atoms. The van der Waals surface area contributed by atoms with E-state index in [1.54, 1.807) is 25.1 Å². The summed E-state index contributed by atoms with van der Waals surface area (Å²) in [7, 11) is 0. The summed E-state index contributed by atoms with van der Waals surface area (Å²) in [6, 6.07) is 13.5. The Balaban J connectivity index is 1.92. The third-order valence-electron chi connectivity index (χ3n) is 6.35. The van der Waals surface area contributed by atoms with Gasteiger partial charge in [0.05, 0.1) is 18.1 Å². The maximum atomic E-state index is 13.7. The average molecular weight is 438 g/mol. The molecule has 3 rings (SSSR count). The highest BCUT2D eigenvalue weighted by Crippen LogP contribution is 2.41. The van der Waals surface area contributed by atoms with E-state index >= 15 is 0 Å². The second-order valence-electron chi connectivity index (χ2n) is 8.73. The van der Waals surface area contributed by atoms with Crippen LogP contribution in [-0.2, 0) is 14.9 Å². The summed E-state index contributed by atoms with van der Waals surface area (Å²) in [4.78, 5) is 26.2. The van der Waals surface area contributed by atoms with E-state index in [0.29, 0.717) is 17.0 Å². The lowest BCUT2D eigenvalue weighted by Crippen LogP contribution is -2.42. The Bertz CT molecular complexity index is 946. The SMILES string of the molecule is CCOC(=O)c1cc(NC(=O)C2(c3cccc(C)c3)CCCCC2)ccc1O[C@H](C)CC. The van der Waals surface area contributed by atoms with Gasteiger partial charge < -0.3 is 14.8 Å². The Labute approximate surface area is 191 Å². The largest absolute Gasteiger partial charge is 0.490 e. The first-order chi connectivity index (χ1) is 15.4. The minimum atomic E-state index is -0.555. The molecule has 1 saturated carbocycles. The molecular formula is C27H35NO4. The topological polar surface area (TPSA) is 64.6 Å². The number of aryl methyl sites for hydroxylation is 1. The normalized spacial score (nSPS) is 16.1. The molecule has 1 aliphatic rings. The predicted octanol–water partition coefficient (Wildman–Crippen LogP) is 6.19. The van der Waals surface area contributed by atoms with Crippen molar-refractivity contribution in [2.75, 3.05) is 11.9 Å². The minimum Gasteiger partial charge on any atom is -0.490 e. The molecule has 0 unspecified atom stereocenters. The molecule has 2 aromatic carbocycles. The van der Waals surface area contributed by atoms with Gasteiger partial charge in [-0.2, -0.15) is 0 Å². The van der Waals surface area contributed by atoms with Gasteiger partial charge in [-0.25, -0.2) is 4.79 Å². The second-order valence-corrected chi connectivity index (χ2v) is 8.73. The Kier molecular flexibility index (Phi) is 7.94. The molecule has 1 N–H and O–H groups in total. The van der Waals surface area contributed by atoms with Crippen LogP contribution in [0.4, 0.5) is 5.69 Å². The zero-order chi connectivity index (χ0) is 23.1. The van der Waals surface area contributed by atoms with E-state index in [-0.39, 0.29) is 18.6 Å². The number of carbonyl (C=O) groups is 2. The molecule has 1 amide bonds. The van der Waals surface area contributed by atoms with Crippen LogP contribution in [-0.4, -0.2) is 24.6 Å². The van der Waals surface area contributed by atoms with Gasteiger partial charge in [-0.1, -0.05) is 56.0 Å². The first-order valence-electron chi connectivity index (χ1n) is 11.8. The van der Waals surface area contributed by atoms with Crippen molar-refractivity contribution in [1.29, 1.82) is 0 Å². The summed E-state index contributed by atoms with van der Waals surface area (Å²) in [6.45, 7) is 8.08. The van der Waals surface area contributed by atoms with Crippen molar-refractivity contribution in [3.05, 3.63) is 59.2 Å². The number of ether oxygens (including phenoxy) is 2. The number of nitrogens with one attached hydrogen (secondary N) is 1. The van der Waals surface area contributed by atoms with Crippen LogP contribution in [0.15, 0.2) is 42.5 Å². The van der Waals surface area contributed by atoms with E-state index in [2.05, 4.69) is 30.4 Å². The fourth-order valence-corrected chi connectivity index (χ4v) is 4.37. The summed E-state index contributed by atoms with van der Waals surface area (Å²) >= 11 is 0. The number of hydrogen-bond donors (Lipinski definition) is 1. The molecule has 1 fully saturated rings. The van der Waals surface area contributed by atoms with Crippen LogP contribution in [0.5, 0.6) is 5.75 Å². The number of hydrogen-bond acceptors (Lipinski definition) is 4. The molecule has 0 spiro atoms. The number of anilines is 1. The zero-order valence-electron chi connectivity index (χ0n) is 19.7. The fourth-order valence-electron chi connectivity index (χ4n) is 4.37. The molecule has 0 aromatic heterocycles. The molecule has 0 aliphatic heterocycles. The van der Waals surface area contributed by atoms with E-state index in [4.69, 9.17) is 9.47 Å². The monoisotopic (exact) mass is 437 g/mol. The summed E-state index contributed by atoms with van der Waals surface area (Å²) in [5.41, 5.74) is 2.57. The highest BCUT2D eigenvalue weighted by molar-refractivity contribution is 6.01. The van der Waals surface area contributed by atoms with E-state index in [1.807, 2.05) is 19.9 Å². The van der Waals surface area contributed by atoms with Crippen molar-refractivity contribution in [2.45, 2.75) is 77.7 Å². The predicted molar refractivity (Wildman–Crippen MR) is 127 cm³/mol. The van der Waals surface area contributed by atoms with Crippen molar-refractivity contribution >= 4 is 17.6 Å². The lowest BCUT2D eigenvalue weighted by molar-refractivity contribution is -0.122. The number of amides is 1. The lowest BCUT2D eigenvalue weighted by Gasteiger charge is -2.36. The quantitative estimate of drug-likeness (QED) is 0.500. The van der Waals surface area contributed by atoms with Crippen LogP contribution in [0.2, 0.25) is 0 Å². The van der Waals surface area contributed by atoms with Gasteiger partial charge in [-0.15, -0.1) is 0 Å². The summed E-state index contributed by atoms with van der Waals surface area (Å²) < 4.78 is 11.2. The molecular weight excluding hydrogens is 402 g/mol. The van der Waals surface area contributed by atoms with E-state index < -0.39 is 11.4 Å². The fraction of sp³-hybridized carbons (Fsp3) is 0.481. The molecule has 2 aromatic rings. The van der Waals surface area contributed by atoms with Crippen LogP contribution in [0.25, 0.3) is 0 Å². The Morgan fingerprint density at radius 1 is 1.06 bits per heavy atom. The Morgan fingerprint density at radius 3 is 2.47 bits per heavy atom. The maximum Gasteiger partial charge on any atom is 0.341 e. The van der Waals surface area contributed by atoms with Gasteiger partial charge in [0, 0.05) is 5.69 Å². The van der Waals surface area contributed by atoms with E-state index in [1.165, 1.54) is 0 Å². The molecule has 0 bridgehead atoms. The molecule has 1 aliphatic carbocycles. The van der Waals surface area contributed by atoms with Crippen molar-refractivity contribution in [3.8, 4) is 5.75 Å². The molecule has 172 valence electrons. The third-order valence-corrected chi connectivity index (χ3v) is 6.35. The number of benzene rings is 2. The van der Waals surface area contributed by atoms with Gasteiger partial charge in [-0.3, -0.25) is 4.79 Å². The van der Waals surface area contributed by atoms with Crippen molar-refractivity contribution < 1.29 is 19.1 Å². The number of carbonyl (C=O) groups excluding carboxylic acids is 2. The summed E-state index contributed by atoms with van der Waals surface area (Å²) in [6.07, 6.45) is 5.63. The molecule has 5 heteroatoms. The van der Waals surface area contributed by atoms with Crippen LogP contribution < -0.4 is 10.1 Å². The molecule has 0 saturated heterocycles.